The lowest BCUT2D eigenvalue weighted by molar-refractivity contribution is -0.130. The van der Waals surface area contributed by atoms with Crippen LogP contribution in [-0.2, 0) is 9.59 Å². The largest absolute Gasteiger partial charge is 0.454 e. The third-order valence-electron chi connectivity index (χ3n) is 4.72. The molecule has 156 valence electrons. The van der Waals surface area contributed by atoms with E-state index >= 15 is 0 Å². The van der Waals surface area contributed by atoms with Crippen molar-refractivity contribution in [3.05, 3.63) is 47.5 Å². The lowest BCUT2D eigenvalue weighted by Crippen LogP contribution is -2.59. The van der Waals surface area contributed by atoms with Crippen molar-refractivity contribution in [2.45, 2.75) is 12.5 Å². The second kappa shape index (κ2) is 8.50. The fourth-order valence-corrected chi connectivity index (χ4v) is 3.38. The predicted octanol–water partition coefficient (Wildman–Crippen LogP) is 2.43. The molecule has 2 heterocycles. The van der Waals surface area contributed by atoms with E-state index in [1.165, 1.54) is 4.90 Å². The highest BCUT2D eigenvalue weighted by Gasteiger charge is 2.35. The number of benzene rings is 2. The Labute approximate surface area is 177 Å². The predicted molar refractivity (Wildman–Crippen MR) is 110 cm³/mol. The number of nitrogens with zero attached hydrogens (tertiary/aromatic N) is 1. The Morgan fingerprint density at radius 1 is 1.07 bits per heavy atom. The summed E-state index contributed by atoms with van der Waals surface area (Å²) >= 11 is 5.86. The molecule has 2 aromatic carbocycles. The Balaban J connectivity index is 1.42. The van der Waals surface area contributed by atoms with Crippen LogP contribution in [0.4, 0.5) is 16.2 Å². The third-order valence-corrected chi connectivity index (χ3v) is 4.97. The quantitative estimate of drug-likeness (QED) is 0.690. The van der Waals surface area contributed by atoms with Gasteiger partial charge in [0, 0.05) is 35.6 Å². The summed E-state index contributed by atoms with van der Waals surface area (Å²) in [6, 6.07) is 10.2. The molecule has 0 bridgehead atoms. The van der Waals surface area contributed by atoms with E-state index in [1.807, 2.05) is 0 Å². The van der Waals surface area contributed by atoms with Crippen molar-refractivity contribution in [1.82, 2.24) is 10.2 Å². The number of urea groups is 1. The van der Waals surface area contributed by atoms with E-state index in [4.69, 9.17) is 21.1 Å². The average molecular weight is 431 g/mol. The Kier molecular flexibility index (Phi) is 5.62. The Morgan fingerprint density at radius 2 is 1.80 bits per heavy atom. The van der Waals surface area contributed by atoms with Crippen molar-refractivity contribution in [3.63, 3.8) is 0 Å². The van der Waals surface area contributed by atoms with Gasteiger partial charge in [-0.2, -0.15) is 0 Å². The number of nitrogens with one attached hydrogen (secondary N) is 3. The third kappa shape index (κ3) is 4.41. The molecule has 0 spiro atoms. The van der Waals surface area contributed by atoms with E-state index in [-0.39, 0.29) is 25.7 Å². The first-order valence-corrected chi connectivity index (χ1v) is 9.68. The maximum Gasteiger partial charge on any atom is 0.322 e. The molecule has 2 aliphatic heterocycles. The molecule has 1 saturated heterocycles. The minimum absolute atomic E-state index is 0.132. The van der Waals surface area contributed by atoms with Crippen LogP contribution in [0.1, 0.15) is 6.42 Å². The standard InChI is InChI=1S/C20H19ClN4O5/c21-12-1-3-13(4-2-12)24-20(28)25-8-7-22-19(27)15(25)10-18(26)23-14-5-6-16-17(9-14)30-11-29-16/h1-6,9,15H,7-8,10-11H2,(H,22,27)(H,23,26)(H,24,28). The second-order valence-corrected chi connectivity index (χ2v) is 7.19. The molecular formula is C20H19ClN4O5. The van der Waals surface area contributed by atoms with Gasteiger partial charge in [-0.1, -0.05) is 11.6 Å². The SMILES string of the molecule is O=C(CC1C(=O)NCCN1C(=O)Nc1ccc(Cl)cc1)Nc1ccc2c(c1)OCO2. The normalized spacial score (nSPS) is 17.3. The Morgan fingerprint density at radius 3 is 2.60 bits per heavy atom. The van der Waals surface area contributed by atoms with E-state index in [2.05, 4.69) is 16.0 Å². The van der Waals surface area contributed by atoms with Crippen molar-refractivity contribution < 1.29 is 23.9 Å². The van der Waals surface area contributed by atoms with E-state index in [0.717, 1.165) is 0 Å². The monoisotopic (exact) mass is 430 g/mol. The van der Waals surface area contributed by atoms with Gasteiger partial charge < -0.3 is 30.3 Å². The van der Waals surface area contributed by atoms with Crippen molar-refractivity contribution in [2.24, 2.45) is 0 Å². The van der Waals surface area contributed by atoms with E-state index in [0.29, 0.717) is 34.4 Å². The molecule has 0 radical (unpaired) electrons. The van der Waals surface area contributed by atoms with Gasteiger partial charge in [-0.15, -0.1) is 0 Å². The molecule has 1 atom stereocenters. The number of ether oxygens (including phenoxy) is 2. The molecule has 0 aromatic heterocycles. The minimum atomic E-state index is -0.930. The number of fused-ring (bicyclic) bond motifs is 1. The van der Waals surface area contributed by atoms with Crippen LogP contribution in [0.5, 0.6) is 11.5 Å². The van der Waals surface area contributed by atoms with Gasteiger partial charge in [-0.3, -0.25) is 9.59 Å². The number of rotatable bonds is 4. The first-order valence-electron chi connectivity index (χ1n) is 9.30. The zero-order valence-corrected chi connectivity index (χ0v) is 16.6. The number of hydrogen-bond acceptors (Lipinski definition) is 5. The first kappa shape index (κ1) is 19.8. The summed E-state index contributed by atoms with van der Waals surface area (Å²) in [5, 5.41) is 8.70. The van der Waals surface area contributed by atoms with Crippen LogP contribution in [0.25, 0.3) is 0 Å². The van der Waals surface area contributed by atoms with Crippen molar-refractivity contribution in [3.8, 4) is 11.5 Å². The molecule has 1 fully saturated rings. The fraction of sp³-hybridized carbons (Fsp3) is 0.250. The number of piperazine rings is 1. The average Bonchev–Trinajstić information content (AvgIpc) is 3.19. The van der Waals surface area contributed by atoms with Crippen LogP contribution in [0.3, 0.4) is 0 Å². The highest BCUT2D eigenvalue weighted by Crippen LogP contribution is 2.34. The maximum atomic E-state index is 12.7. The van der Waals surface area contributed by atoms with E-state index in [9.17, 15) is 14.4 Å². The minimum Gasteiger partial charge on any atom is -0.454 e. The van der Waals surface area contributed by atoms with Gasteiger partial charge in [0.05, 0.1) is 6.42 Å². The molecule has 10 heteroatoms. The number of amides is 4. The van der Waals surface area contributed by atoms with Gasteiger partial charge >= 0.3 is 6.03 Å². The van der Waals surface area contributed by atoms with Crippen LogP contribution in [0, 0.1) is 0 Å². The molecule has 9 nitrogen and oxygen atoms in total. The molecule has 0 aliphatic carbocycles. The highest BCUT2D eigenvalue weighted by atomic mass is 35.5. The molecule has 0 saturated carbocycles. The molecule has 30 heavy (non-hydrogen) atoms. The summed E-state index contributed by atoms with van der Waals surface area (Å²) in [4.78, 5) is 39.0. The van der Waals surface area contributed by atoms with Crippen LogP contribution in [-0.4, -0.2) is 48.7 Å². The van der Waals surface area contributed by atoms with Crippen LogP contribution >= 0.6 is 11.6 Å². The number of anilines is 2. The number of carbonyl (C=O) groups is 3. The molecule has 2 aromatic rings. The molecular weight excluding hydrogens is 412 g/mol. The van der Waals surface area contributed by atoms with Gasteiger partial charge in [0.25, 0.3) is 0 Å². The summed E-state index contributed by atoms with van der Waals surface area (Å²) in [5.41, 5.74) is 1.05. The van der Waals surface area contributed by atoms with Gasteiger partial charge in [0.15, 0.2) is 11.5 Å². The smallest absolute Gasteiger partial charge is 0.322 e. The van der Waals surface area contributed by atoms with E-state index in [1.54, 1.807) is 42.5 Å². The summed E-state index contributed by atoms with van der Waals surface area (Å²) in [6.07, 6.45) is -0.186. The molecule has 4 amide bonds. The van der Waals surface area contributed by atoms with Crippen LogP contribution in [0.15, 0.2) is 42.5 Å². The van der Waals surface area contributed by atoms with Gasteiger partial charge in [0.1, 0.15) is 6.04 Å². The summed E-state index contributed by atoms with van der Waals surface area (Å²) < 4.78 is 10.5. The zero-order chi connectivity index (χ0) is 21.1. The summed E-state index contributed by atoms with van der Waals surface area (Å²) in [7, 11) is 0. The van der Waals surface area contributed by atoms with Gasteiger partial charge in [-0.25, -0.2) is 4.79 Å². The lowest BCUT2D eigenvalue weighted by atomic mass is 10.1. The first-order chi connectivity index (χ1) is 14.5. The van der Waals surface area contributed by atoms with Crippen molar-refractivity contribution in [2.75, 3.05) is 30.5 Å². The molecule has 2 aliphatic rings. The number of halogens is 1. The second-order valence-electron chi connectivity index (χ2n) is 6.76. The van der Waals surface area contributed by atoms with Crippen molar-refractivity contribution in [1.29, 1.82) is 0 Å². The summed E-state index contributed by atoms with van der Waals surface area (Å²) in [6.45, 7) is 0.729. The van der Waals surface area contributed by atoms with Gasteiger partial charge in [-0.05, 0) is 36.4 Å². The van der Waals surface area contributed by atoms with E-state index < -0.39 is 18.0 Å². The zero-order valence-electron chi connectivity index (χ0n) is 15.8. The topological polar surface area (TPSA) is 109 Å². The van der Waals surface area contributed by atoms with Crippen molar-refractivity contribution >= 4 is 40.8 Å². The number of hydrogen-bond donors (Lipinski definition) is 3. The fourth-order valence-electron chi connectivity index (χ4n) is 3.25. The van der Waals surface area contributed by atoms with Crippen LogP contribution < -0.4 is 25.4 Å². The maximum absolute atomic E-state index is 12.7. The Hall–Kier alpha value is -3.46. The molecule has 1 unspecified atom stereocenters. The molecule has 4 rings (SSSR count). The lowest BCUT2D eigenvalue weighted by Gasteiger charge is -2.34. The highest BCUT2D eigenvalue weighted by molar-refractivity contribution is 6.30. The summed E-state index contributed by atoms with van der Waals surface area (Å²) in [5.74, 6) is 0.352. The number of carbonyl (C=O) groups excluding carboxylic acids is 3. The Bertz CT molecular complexity index is 982. The molecule has 3 N–H and O–H groups in total. The van der Waals surface area contributed by atoms with Crippen LogP contribution in [0.2, 0.25) is 5.02 Å². The van der Waals surface area contributed by atoms with Gasteiger partial charge in [0.2, 0.25) is 18.6 Å².